The van der Waals surface area contributed by atoms with Crippen LogP contribution in [0.15, 0.2) is 218 Å². The molecule has 0 unspecified atom stereocenters. The fourth-order valence-electron chi connectivity index (χ4n) is 10.6. The number of nitriles is 2. The van der Waals surface area contributed by atoms with E-state index in [1.54, 1.807) is 0 Å². The number of para-hydroxylation sites is 2. The molecule has 0 bridgehead atoms. The van der Waals surface area contributed by atoms with Crippen molar-refractivity contribution in [2.24, 2.45) is 0 Å². The van der Waals surface area contributed by atoms with E-state index in [0.29, 0.717) is 11.1 Å². The van der Waals surface area contributed by atoms with E-state index < -0.39 is 5.41 Å². The Morgan fingerprint density at radius 2 is 0.651 bits per heavy atom. The van der Waals surface area contributed by atoms with Gasteiger partial charge >= 0.3 is 0 Å². The van der Waals surface area contributed by atoms with Gasteiger partial charge in [-0.1, -0.05) is 133 Å². The Bertz CT molecular complexity index is 3290. The SMILES string of the molecule is N#Cc1ccc(N(c2ccccc2)c2cc3c(c4ccccc24)-c2c(cc(N(c4ccccc4)c4ccc(C#N)cc4)c4ccccc24)C32c3ccccc3-c3ccccc32)cc1. The Balaban J connectivity index is 1.25. The molecule has 2 aliphatic rings. The van der Waals surface area contributed by atoms with Crippen molar-refractivity contribution in [3.8, 4) is 34.4 Å². The summed E-state index contributed by atoms with van der Waals surface area (Å²) in [7, 11) is 0. The van der Waals surface area contributed by atoms with Gasteiger partial charge in [0.2, 0.25) is 0 Å². The fraction of sp³-hybridized carbons (Fsp3) is 0.0169. The summed E-state index contributed by atoms with van der Waals surface area (Å²) in [6.07, 6.45) is 0. The average Bonchev–Trinajstić information content (AvgIpc) is 3.83. The van der Waals surface area contributed by atoms with Crippen LogP contribution in [0.1, 0.15) is 33.4 Å². The zero-order chi connectivity index (χ0) is 42.1. The molecule has 4 nitrogen and oxygen atoms in total. The van der Waals surface area contributed by atoms with Gasteiger partial charge in [-0.15, -0.1) is 0 Å². The summed E-state index contributed by atoms with van der Waals surface area (Å²) in [6.45, 7) is 0. The molecule has 0 amide bonds. The average molecular weight is 801 g/mol. The van der Waals surface area contributed by atoms with Gasteiger partial charge < -0.3 is 9.80 Å². The number of benzene rings is 10. The first-order valence-corrected chi connectivity index (χ1v) is 21.2. The summed E-state index contributed by atoms with van der Waals surface area (Å²) >= 11 is 0. The smallest absolute Gasteiger partial charge is 0.0991 e. The van der Waals surface area contributed by atoms with Gasteiger partial charge in [0.05, 0.1) is 40.1 Å². The first kappa shape index (κ1) is 36.2. The number of hydrogen-bond donors (Lipinski definition) is 0. The van der Waals surface area contributed by atoms with Crippen LogP contribution in [0.2, 0.25) is 0 Å². The van der Waals surface area contributed by atoms with Crippen molar-refractivity contribution in [3.63, 3.8) is 0 Å². The van der Waals surface area contributed by atoms with Crippen molar-refractivity contribution in [2.75, 3.05) is 9.80 Å². The largest absolute Gasteiger partial charge is 0.310 e. The lowest BCUT2D eigenvalue weighted by molar-refractivity contribution is 0.795. The standard InChI is InChI=1S/C59H36N4/c60-37-39-27-31-43(32-28-39)62(41-15-3-1-4-16-41)55-35-53-57(49-23-9-7-21-47(49)55)58-50-24-10-8-22-48(50)56(63(42-17-5-2-6-18-42)44-33-29-40(38-61)30-34-44)36-54(58)59(53)51-25-13-11-19-45(51)46-20-12-14-26-52(46)59/h1-36H. The minimum Gasteiger partial charge on any atom is -0.310 e. The minimum atomic E-state index is -0.699. The van der Waals surface area contributed by atoms with Crippen molar-refractivity contribution >= 4 is 55.7 Å². The summed E-state index contributed by atoms with van der Waals surface area (Å²) in [5.41, 5.74) is 16.5. The molecule has 63 heavy (non-hydrogen) atoms. The summed E-state index contributed by atoms with van der Waals surface area (Å²) in [5.74, 6) is 0. The quantitative estimate of drug-likeness (QED) is 0.168. The highest BCUT2D eigenvalue weighted by Gasteiger charge is 2.53. The molecule has 292 valence electrons. The molecule has 12 rings (SSSR count). The van der Waals surface area contributed by atoms with Gasteiger partial charge in [-0.05, 0) is 140 Å². The van der Waals surface area contributed by atoms with Crippen LogP contribution in [0.3, 0.4) is 0 Å². The Hall–Kier alpha value is -8.70. The molecule has 10 aromatic rings. The van der Waals surface area contributed by atoms with Gasteiger partial charge in [0.1, 0.15) is 0 Å². The van der Waals surface area contributed by atoms with Gasteiger partial charge in [-0.2, -0.15) is 10.5 Å². The van der Waals surface area contributed by atoms with Gasteiger partial charge in [0, 0.05) is 33.5 Å². The molecule has 0 radical (unpaired) electrons. The van der Waals surface area contributed by atoms with E-state index in [9.17, 15) is 10.5 Å². The predicted octanol–water partition coefficient (Wildman–Crippen LogP) is 15.0. The second-order valence-corrected chi connectivity index (χ2v) is 16.2. The number of nitrogens with zero attached hydrogens (tertiary/aromatic N) is 4. The molecule has 10 aromatic carbocycles. The summed E-state index contributed by atoms with van der Waals surface area (Å²) in [6, 6.07) is 82.1. The number of rotatable bonds is 6. The summed E-state index contributed by atoms with van der Waals surface area (Å²) in [4.78, 5) is 4.69. The van der Waals surface area contributed by atoms with Crippen LogP contribution in [-0.4, -0.2) is 0 Å². The Labute approximate surface area is 366 Å². The Morgan fingerprint density at radius 1 is 0.317 bits per heavy atom. The molecule has 4 heteroatoms. The van der Waals surface area contributed by atoms with Crippen molar-refractivity contribution < 1.29 is 0 Å². The maximum absolute atomic E-state index is 9.81. The number of hydrogen-bond acceptors (Lipinski definition) is 4. The van der Waals surface area contributed by atoms with E-state index in [1.807, 2.05) is 24.3 Å². The monoisotopic (exact) mass is 800 g/mol. The molecule has 0 fully saturated rings. The van der Waals surface area contributed by atoms with Crippen LogP contribution in [0.4, 0.5) is 34.1 Å². The van der Waals surface area contributed by atoms with E-state index >= 15 is 0 Å². The Morgan fingerprint density at radius 3 is 1.05 bits per heavy atom. The zero-order valence-corrected chi connectivity index (χ0v) is 34.1. The zero-order valence-electron chi connectivity index (χ0n) is 34.1. The van der Waals surface area contributed by atoms with Crippen LogP contribution >= 0.6 is 0 Å². The maximum atomic E-state index is 9.81. The molecular weight excluding hydrogens is 765 g/mol. The lowest BCUT2D eigenvalue weighted by atomic mass is 9.70. The number of anilines is 6. The van der Waals surface area contributed by atoms with Gasteiger partial charge in [-0.25, -0.2) is 0 Å². The molecular formula is C59H36N4. The van der Waals surface area contributed by atoms with E-state index in [0.717, 1.165) is 44.9 Å². The minimum absolute atomic E-state index is 0.618. The first-order chi connectivity index (χ1) is 31.2. The van der Waals surface area contributed by atoms with Crippen LogP contribution in [0.25, 0.3) is 43.8 Å². The third-order valence-corrected chi connectivity index (χ3v) is 13.1. The molecule has 0 heterocycles. The van der Waals surface area contributed by atoms with Gasteiger partial charge in [0.25, 0.3) is 0 Å². The van der Waals surface area contributed by atoms with Crippen molar-refractivity contribution in [3.05, 3.63) is 252 Å². The molecule has 2 aliphatic carbocycles. The van der Waals surface area contributed by atoms with Gasteiger partial charge in [-0.3, -0.25) is 0 Å². The molecule has 0 aromatic heterocycles. The van der Waals surface area contributed by atoms with Crippen molar-refractivity contribution in [1.29, 1.82) is 10.5 Å². The summed E-state index contributed by atoms with van der Waals surface area (Å²) < 4.78 is 0. The van der Waals surface area contributed by atoms with E-state index in [2.05, 4.69) is 216 Å². The van der Waals surface area contributed by atoms with E-state index in [1.165, 1.54) is 55.3 Å². The predicted molar refractivity (Wildman–Crippen MR) is 257 cm³/mol. The second-order valence-electron chi connectivity index (χ2n) is 16.2. The lowest BCUT2D eigenvalue weighted by Crippen LogP contribution is -2.26. The van der Waals surface area contributed by atoms with Crippen molar-refractivity contribution in [2.45, 2.75) is 5.41 Å². The van der Waals surface area contributed by atoms with Crippen LogP contribution < -0.4 is 9.80 Å². The highest BCUT2D eigenvalue weighted by atomic mass is 15.1. The lowest BCUT2D eigenvalue weighted by Gasteiger charge is -2.34. The van der Waals surface area contributed by atoms with Gasteiger partial charge in [0.15, 0.2) is 0 Å². The van der Waals surface area contributed by atoms with E-state index in [-0.39, 0.29) is 0 Å². The first-order valence-electron chi connectivity index (χ1n) is 21.2. The second kappa shape index (κ2) is 14.2. The fourth-order valence-corrected chi connectivity index (χ4v) is 10.6. The highest BCUT2D eigenvalue weighted by Crippen LogP contribution is 2.67. The molecule has 0 atom stereocenters. The Kier molecular flexibility index (Phi) is 8.16. The molecule has 1 spiro atoms. The molecule has 0 saturated carbocycles. The van der Waals surface area contributed by atoms with Crippen LogP contribution in [0.5, 0.6) is 0 Å². The molecule has 0 saturated heterocycles. The van der Waals surface area contributed by atoms with Crippen LogP contribution in [-0.2, 0) is 5.41 Å². The third-order valence-electron chi connectivity index (χ3n) is 13.1. The number of fused-ring (bicyclic) bond motifs is 14. The topological polar surface area (TPSA) is 54.1 Å². The van der Waals surface area contributed by atoms with Crippen molar-refractivity contribution in [1.82, 2.24) is 0 Å². The third kappa shape index (κ3) is 5.26. The summed E-state index contributed by atoms with van der Waals surface area (Å²) in [5, 5.41) is 24.2. The van der Waals surface area contributed by atoms with E-state index in [4.69, 9.17) is 0 Å². The molecule has 0 aliphatic heterocycles. The molecule has 0 N–H and O–H groups in total. The highest BCUT2D eigenvalue weighted by molar-refractivity contribution is 6.19. The van der Waals surface area contributed by atoms with Crippen LogP contribution in [0, 0.1) is 22.7 Å². The normalized spacial score (nSPS) is 12.5. The maximum Gasteiger partial charge on any atom is 0.0991 e.